The minimum absolute atomic E-state index is 0.0903. The van der Waals surface area contributed by atoms with E-state index in [0.717, 1.165) is 6.42 Å². The van der Waals surface area contributed by atoms with E-state index < -0.39 is 15.9 Å². The number of thiocarbonyl (C=S) groups is 1. The summed E-state index contributed by atoms with van der Waals surface area (Å²) in [7, 11) is -3.70. The molecule has 29 heavy (non-hydrogen) atoms. The number of hydrogen-bond donors (Lipinski definition) is 3. The van der Waals surface area contributed by atoms with E-state index in [4.69, 9.17) is 17.0 Å². The molecule has 2 aromatic carbocycles. The van der Waals surface area contributed by atoms with Crippen molar-refractivity contribution in [2.45, 2.75) is 11.3 Å². The third kappa shape index (κ3) is 6.16. The number of ether oxygens (including phenoxy) is 1. The number of benzene rings is 2. The van der Waals surface area contributed by atoms with Gasteiger partial charge in [-0.05, 0) is 67.2 Å². The predicted molar refractivity (Wildman–Crippen MR) is 116 cm³/mol. The average molecular weight is 430 g/mol. The van der Waals surface area contributed by atoms with E-state index in [9.17, 15) is 13.2 Å². The van der Waals surface area contributed by atoms with Crippen LogP contribution in [-0.2, 0) is 19.6 Å². The molecule has 0 bridgehead atoms. The number of nitrogens with one attached hydrogen (secondary N) is 3. The van der Waals surface area contributed by atoms with Crippen molar-refractivity contribution in [3.05, 3.63) is 78.6 Å². The lowest BCUT2D eigenvalue weighted by Crippen LogP contribution is -2.36. The Morgan fingerprint density at radius 3 is 2.41 bits per heavy atom. The van der Waals surface area contributed by atoms with Crippen LogP contribution in [0.25, 0.3) is 0 Å². The van der Waals surface area contributed by atoms with Crippen molar-refractivity contribution in [1.29, 1.82) is 0 Å². The molecular formula is C20H19N3O4S2. The van der Waals surface area contributed by atoms with Gasteiger partial charge in [0.1, 0.15) is 5.76 Å². The summed E-state index contributed by atoms with van der Waals surface area (Å²) in [4.78, 5) is 12.0. The van der Waals surface area contributed by atoms with Gasteiger partial charge in [-0.3, -0.25) is 14.8 Å². The highest BCUT2D eigenvalue weighted by Crippen LogP contribution is 2.18. The SMILES string of the molecule is O=C(COC1=CCC=C1)NC(=S)Nc1ccc(S(=O)(=O)Nc2ccccc2)cc1. The molecule has 2 aromatic rings. The number of para-hydroxylation sites is 1. The van der Waals surface area contributed by atoms with Crippen LogP contribution < -0.4 is 15.4 Å². The Hall–Kier alpha value is -3.17. The fourth-order valence-corrected chi connectivity index (χ4v) is 3.75. The Labute approximate surface area is 174 Å². The highest BCUT2D eigenvalue weighted by Gasteiger charge is 2.14. The second-order valence-electron chi connectivity index (χ2n) is 6.03. The Bertz CT molecular complexity index is 1050. The monoisotopic (exact) mass is 429 g/mol. The summed E-state index contributed by atoms with van der Waals surface area (Å²) in [5.74, 6) is 0.259. The topological polar surface area (TPSA) is 96.5 Å². The fourth-order valence-electron chi connectivity index (χ4n) is 2.46. The summed E-state index contributed by atoms with van der Waals surface area (Å²) >= 11 is 5.10. The van der Waals surface area contributed by atoms with Gasteiger partial charge in [0.25, 0.3) is 15.9 Å². The smallest absolute Gasteiger partial charge is 0.264 e. The lowest BCUT2D eigenvalue weighted by Gasteiger charge is -2.11. The Balaban J connectivity index is 1.52. The van der Waals surface area contributed by atoms with Crippen LogP contribution >= 0.6 is 12.2 Å². The molecule has 0 fully saturated rings. The zero-order valence-corrected chi connectivity index (χ0v) is 16.9. The maximum Gasteiger partial charge on any atom is 0.264 e. The number of allylic oxidation sites excluding steroid dienone is 3. The Morgan fingerprint density at radius 1 is 1.03 bits per heavy atom. The van der Waals surface area contributed by atoms with Crippen LogP contribution in [0.2, 0.25) is 0 Å². The molecule has 0 saturated carbocycles. The third-order valence-corrected chi connectivity index (χ3v) is 5.41. The summed E-state index contributed by atoms with van der Waals surface area (Å²) in [6.45, 7) is -0.152. The maximum absolute atomic E-state index is 12.4. The zero-order valence-electron chi connectivity index (χ0n) is 15.3. The summed E-state index contributed by atoms with van der Waals surface area (Å²) < 4.78 is 32.7. The highest BCUT2D eigenvalue weighted by atomic mass is 32.2. The van der Waals surface area contributed by atoms with Gasteiger partial charge in [0.15, 0.2) is 11.7 Å². The van der Waals surface area contributed by atoms with Crippen molar-refractivity contribution in [2.24, 2.45) is 0 Å². The van der Waals surface area contributed by atoms with Crippen LogP contribution in [-0.4, -0.2) is 26.0 Å². The van der Waals surface area contributed by atoms with E-state index >= 15 is 0 Å². The number of hydrogen-bond acceptors (Lipinski definition) is 5. The minimum atomic E-state index is -3.70. The molecule has 0 aliphatic heterocycles. The lowest BCUT2D eigenvalue weighted by atomic mass is 10.3. The van der Waals surface area contributed by atoms with Gasteiger partial charge in [-0.1, -0.05) is 24.3 Å². The van der Waals surface area contributed by atoms with Gasteiger partial charge in [-0.15, -0.1) is 0 Å². The fraction of sp³-hybridized carbons (Fsp3) is 0.100. The third-order valence-electron chi connectivity index (χ3n) is 3.81. The van der Waals surface area contributed by atoms with Crippen LogP contribution in [0.4, 0.5) is 11.4 Å². The summed E-state index contributed by atoms with van der Waals surface area (Å²) in [5, 5.41) is 5.42. The Kier molecular flexibility index (Phi) is 6.63. The first-order valence-electron chi connectivity index (χ1n) is 8.71. The minimum Gasteiger partial charge on any atom is -0.484 e. The molecule has 0 saturated heterocycles. The number of sulfonamides is 1. The second-order valence-corrected chi connectivity index (χ2v) is 8.12. The van der Waals surface area contributed by atoms with Crippen LogP contribution in [0.1, 0.15) is 6.42 Å². The molecule has 0 radical (unpaired) electrons. The molecule has 9 heteroatoms. The summed E-state index contributed by atoms with van der Waals surface area (Å²) in [6.07, 6.45) is 6.39. The highest BCUT2D eigenvalue weighted by molar-refractivity contribution is 7.92. The van der Waals surface area contributed by atoms with Gasteiger partial charge >= 0.3 is 0 Å². The number of carbonyl (C=O) groups is 1. The van der Waals surface area contributed by atoms with Crippen molar-refractivity contribution in [3.8, 4) is 0 Å². The van der Waals surface area contributed by atoms with Crippen molar-refractivity contribution in [3.63, 3.8) is 0 Å². The Morgan fingerprint density at radius 2 is 1.76 bits per heavy atom. The van der Waals surface area contributed by atoms with Crippen LogP contribution in [0.3, 0.4) is 0 Å². The molecule has 3 rings (SSSR count). The number of anilines is 2. The molecule has 0 atom stereocenters. The van der Waals surface area contributed by atoms with E-state index in [1.807, 2.05) is 12.2 Å². The quantitative estimate of drug-likeness (QED) is 0.585. The number of amides is 1. The molecule has 150 valence electrons. The molecule has 1 amide bonds. The van der Waals surface area contributed by atoms with Crippen LogP contribution in [0, 0.1) is 0 Å². The first-order valence-corrected chi connectivity index (χ1v) is 10.6. The lowest BCUT2D eigenvalue weighted by molar-refractivity contribution is -0.122. The van der Waals surface area contributed by atoms with E-state index in [2.05, 4.69) is 15.4 Å². The molecule has 0 heterocycles. The molecule has 1 aliphatic carbocycles. The standard InChI is InChI=1S/C20H19N3O4S2/c24-19(14-27-17-8-4-5-9-17)22-20(28)21-15-10-12-18(13-11-15)29(25,26)23-16-6-2-1-3-7-16/h1-4,6-13,23H,5,14H2,(H2,21,22,24,28). The molecule has 0 aromatic heterocycles. The van der Waals surface area contributed by atoms with Crippen molar-refractivity contribution >= 4 is 44.6 Å². The summed E-state index contributed by atoms with van der Waals surface area (Å²) in [6, 6.07) is 14.6. The molecule has 0 unspecified atom stereocenters. The van der Waals surface area contributed by atoms with Gasteiger partial charge < -0.3 is 10.1 Å². The first-order chi connectivity index (χ1) is 13.9. The van der Waals surface area contributed by atoms with E-state index in [1.165, 1.54) is 12.1 Å². The zero-order chi connectivity index (χ0) is 20.7. The van der Waals surface area contributed by atoms with Crippen molar-refractivity contribution in [2.75, 3.05) is 16.6 Å². The molecular weight excluding hydrogens is 410 g/mol. The van der Waals surface area contributed by atoms with Crippen molar-refractivity contribution in [1.82, 2.24) is 5.32 Å². The largest absolute Gasteiger partial charge is 0.484 e. The molecule has 3 N–H and O–H groups in total. The first kappa shape index (κ1) is 20.6. The van der Waals surface area contributed by atoms with Gasteiger partial charge in [0.2, 0.25) is 0 Å². The van der Waals surface area contributed by atoms with Gasteiger partial charge in [0, 0.05) is 11.4 Å². The van der Waals surface area contributed by atoms with Gasteiger partial charge in [-0.2, -0.15) is 0 Å². The predicted octanol–water partition coefficient (Wildman–Crippen LogP) is 3.16. The summed E-state index contributed by atoms with van der Waals surface area (Å²) in [5.41, 5.74) is 1.01. The van der Waals surface area contributed by atoms with Crippen LogP contribution in [0.15, 0.2) is 83.5 Å². The van der Waals surface area contributed by atoms with E-state index in [-0.39, 0.29) is 16.6 Å². The van der Waals surface area contributed by atoms with E-state index in [1.54, 1.807) is 48.5 Å². The van der Waals surface area contributed by atoms with Crippen molar-refractivity contribution < 1.29 is 17.9 Å². The second kappa shape index (κ2) is 9.35. The van der Waals surface area contributed by atoms with Gasteiger partial charge in [0.05, 0.1) is 4.90 Å². The maximum atomic E-state index is 12.4. The molecule has 1 aliphatic rings. The van der Waals surface area contributed by atoms with Crippen LogP contribution in [0.5, 0.6) is 0 Å². The molecule has 7 nitrogen and oxygen atoms in total. The van der Waals surface area contributed by atoms with E-state index in [0.29, 0.717) is 17.1 Å². The van der Waals surface area contributed by atoms with Gasteiger partial charge in [-0.25, -0.2) is 8.42 Å². The molecule has 0 spiro atoms. The number of carbonyl (C=O) groups excluding carboxylic acids is 1. The average Bonchev–Trinajstić information content (AvgIpc) is 3.21. The number of rotatable bonds is 7. The normalized spacial score (nSPS) is 12.8.